The minimum absolute atomic E-state index is 0.235. The van der Waals surface area contributed by atoms with Crippen LogP contribution < -0.4 is 5.32 Å². The molecule has 0 fully saturated rings. The van der Waals surface area contributed by atoms with Crippen molar-refractivity contribution in [1.82, 2.24) is 9.78 Å². The molecule has 1 aromatic heterocycles. The Morgan fingerprint density at radius 2 is 2.04 bits per heavy atom. The minimum Gasteiger partial charge on any atom is -0.478 e. The number of fused-ring (bicyclic) bond motifs is 1. The van der Waals surface area contributed by atoms with E-state index in [2.05, 4.69) is 5.32 Å². The van der Waals surface area contributed by atoms with Crippen molar-refractivity contribution in [1.29, 1.82) is 0 Å². The number of carboxylic acids is 1. The highest BCUT2D eigenvalue weighted by Crippen LogP contribution is 2.35. The van der Waals surface area contributed by atoms with Crippen LogP contribution >= 0.6 is 11.6 Å². The van der Waals surface area contributed by atoms with Gasteiger partial charge >= 0.3 is 5.97 Å². The summed E-state index contributed by atoms with van der Waals surface area (Å²) in [7, 11) is 0. The van der Waals surface area contributed by atoms with Crippen molar-refractivity contribution >= 4 is 23.4 Å². The van der Waals surface area contributed by atoms with E-state index in [1.54, 1.807) is 22.9 Å². The van der Waals surface area contributed by atoms with Crippen molar-refractivity contribution in [2.45, 2.75) is 6.42 Å². The van der Waals surface area contributed by atoms with Gasteiger partial charge in [-0.15, -0.1) is 0 Å². The molecule has 0 amide bonds. The van der Waals surface area contributed by atoms with E-state index in [0.717, 1.165) is 35.6 Å². The molecule has 2 heterocycles. The number of carboxylic acid groups (broad SMARTS) is 1. The average molecular weight is 340 g/mol. The third-order valence-corrected chi connectivity index (χ3v) is 4.32. The first-order valence-corrected chi connectivity index (χ1v) is 7.97. The Labute approximate surface area is 143 Å². The van der Waals surface area contributed by atoms with Gasteiger partial charge in [0.2, 0.25) is 0 Å². The lowest BCUT2D eigenvalue weighted by atomic mass is 10.1. The largest absolute Gasteiger partial charge is 0.478 e. The van der Waals surface area contributed by atoms with Crippen molar-refractivity contribution in [2.75, 3.05) is 11.9 Å². The van der Waals surface area contributed by atoms with Gasteiger partial charge in [-0.25, -0.2) is 9.48 Å². The molecule has 0 saturated carbocycles. The van der Waals surface area contributed by atoms with Crippen molar-refractivity contribution in [2.24, 2.45) is 0 Å². The quantitative estimate of drug-likeness (QED) is 0.760. The zero-order chi connectivity index (χ0) is 16.7. The molecule has 1 aliphatic rings. The van der Waals surface area contributed by atoms with Crippen molar-refractivity contribution in [3.63, 3.8) is 0 Å². The van der Waals surface area contributed by atoms with Gasteiger partial charge in [0.15, 0.2) is 0 Å². The summed E-state index contributed by atoms with van der Waals surface area (Å²) >= 11 is 6.11. The number of carbonyl (C=O) groups is 1. The number of rotatable bonds is 3. The molecule has 0 aliphatic carbocycles. The van der Waals surface area contributed by atoms with Gasteiger partial charge in [-0.2, -0.15) is 5.10 Å². The molecular formula is C18H14ClN3O2. The highest BCUT2D eigenvalue weighted by atomic mass is 35.5. The lowest BCUT2D eigenvalue weighted by molar-refractivity contribution is 0.0697. The number of nitrogens with one attached hydrogen (secondary N) is 1. The maximum Gasteiger partial charge on any atom is 0.335 e. The standard InChI is InChI=1S/C18H14ClN3O2/c19-13-5-1-3-11(9-13)16-15-7-8-20-17(15)22(21-16)14-6-2-4-12(10-14)18(23)24/h1-6,9-10,20H,7-8H2,(H,23,24). The summed E-state index contributed by atoms with van der Waals surface area (Å²) in [6.07, 6.45) is 0.871. The van der Waals surface area contributed by atoms with E-state index in [1.165, 1.54) is 0 Å². The average Bonchev–Trinajstić information content (AvgIpc) is 3.17. The summed E-state index contributed by atoms with van der Waals surface area (Å²) < 4.78 is 1.77. The van der Waals surface area contributed by atoms with Crippen LogP contribution in [-0.2, 0) is 6.42 Å². The molecule has 2 aromatic carbocycles. The molecule has 1 aliphatic heterocycles. The molecule has 0 bridgehead atoms. The number of hydrogen-bond donors (Lipinski definition) is 2. The van der Waals surface area contributed by atoms with Gasteiger partial charge in [0.25, 0.3) is 0 Å². The third-order valence-electron chi connectivity index (χ3n) is 4.09. The number of anilines is 1. The Kier molecular flexibility index (Phi) is 3.50. The van der Waals surface area contributed by atoms with Gasteiger partial charge in [0.1, 0.15) is 5.82 Å². The van der Waals surface area contributed by atoms with E-state index in [4.69, 9.17) is 16.7 Å². The number of hydrogen-bond acceptors (Lipinski definition) is 3. The molecule has 5 nitrogen and oxygen atoms in total. The predicted molar refractivity (Wildman–Crippen MR) is 93.2 cm³/mol. The normalized spacial score (nSPS) is 12.7. The Balaban J connectivity index is 1.88. The van der Waals surface area contributed by atoms with Gasteiger partial charge in [-0.05, 0) is 36.8 Å². The molecule has 6 heteroatoms. The fraction of sp³-hybridized carbons (Fsp3) is 0.111. The fourth-order valence-corrected chi connectivity index (χ4v) is 3.19. The number of aromatic nitrogens is 2. The van der Waals surface area contributed by atoms with Gasteiger partial charge in [0.05, 0.1) is 16.9 Å². The highest BCUT2D eigenvalue weighted by Gasteiger charge is 2.24. The van der Waals surface area contributed by atoms with E-state index < -0.39 is 5.97 Å². The second kappa shape index (κ2) is 5.69. The number of halogens is 1. The van der Waals surface area contributed by atoms with E-state index in [0.29, 0.717) is 10.7 Å². The van der Waals surface area contributed by atoms with Crippen LogP contribution in [0, 0.1) is 0 Å². The molecule has 24 heavy (non-hydrogen) atoms. The summed E-state index contributed by atoms with van der Waals surface area (Å²) in [5.74, 6) is -0.0452. The van der Waals surface area contributed by atoms with Crippen LogP contribution in [0.2, 0.25) is 5.02 Å². The van der Waals surface area contributed by atoms with Crippen LogP contribution in [0.4, 0.5) is 5.82 Å². The Bertz CT molecular complexity index is 949. The summed E-state index contributed by atoms with van der Waals surface area (Å²) in [4.78, 5) is 11.2. The van der Waals surface area contributed by atoms with E-state index in [1.807, 2.05) is 30.3 Å². The number of nitrogens with zero attached hydrogens (tertiary/aromatic N) is 2. The Morgan fingerprint density at radius 1 is 1.21 bits per heavy atom. The summed E-state index contributed by atoms with van der Waals surface area (Å²) in [6.45, 7) is 0.833. The smallest absolute Gasteiger partial charge is 0.335 e. The van der Waals surface area contributed by atoms with Gasteiger partial charge in [-0.3, -0.25) is 0 Å². The molecule has 4 rings (SSSR count). The molecule has 0 saturated heterocycles. The molecule has 0 spiro atoms. The summed E-state index contributed by atoms with van der Waals surface area (Å²) in [5.41, 5.74) is 3.90. The topological polar surface area (TPSA) is 67.1 Å². The molecule has 0 unspecified atom stereocenters. The minimum atomic E-state index is -0.955. The molecule has 2 N–H and O–H groups in total. The van der Waals surface area contributed by atoms with Gasteiger partial charge in [-0.1, -0.05) is 29.8 Å². The van der Waals surface area contributed by atoms with Crippen molar-refractivity contribution < 1.29 is 9.90 Å². The predicted octanol–water partition coefficient (Wildman–Crippen LogP) is 3.86. The van der Waals surface area contributed by atoms with Gasteiger partial charge < -0.3 is 10.4 Å². The van der Waals surface area contributed by atoms with Gasteiger partial charge in [0, 0.05) is 22.7 Å². The van der Waals surface area contributed by atoms with Crippen molar-refractivity contribution in [3.8, 4) is 16.9 Å². The zero-order valence-electron chi connectivity index (χ0n) is 12.7. The van der Waals surface area contributed by atoms with Crippen LogP contribution in [0.5, 0.6) is 0 Å². The van der Waals surface area contributed by atoms with Crippen LogP contribution in [-0.4, -0.2) is 27.4 Å². The second-order valence-corrected chi connectivity index (χ2v) is 6.07. The fourth-order valence-electron chi connectivity index (χ4n) is 3.00. The molecular weight excluding hydrogens is 326 g/mol. The Morgan fingerprint density at radius 3 is 2.83 bits per heavy atom. The molecule has 0 atom stereocenters. The zero-order valence-corrected chi connectivity index (χ0v) is 13.4. The van der Waals surface area contributed by atoms with Crippen LogP contribution in [0.3, 0.4) is 0 Å². The SMILES string of the molecule is O=C(O)c1cccc(-n2nc(-c3cccc(Cl)c3)c3c2NCC3)c1. The Hall–Kier alpha value is -2.79. The van der Waals surface area contributed by atoms with Crippen molar-refractivity contribution in [3.05, 3.63) is 64.7 Å². The first-order valence-electron chi connectivity index (χ1n) is 7.59. The van der Waals surface area contributed by atoms with E-state index in [-0.39, 0.29) is 5.56 Å². The lowest BCUT2D eigenvalue weighted by Crippen LogP contribution is -2.05. The molecule has 120 valence electrons. The highest BCUT2D eigenvalue weighted by molar-refractivity contribution is 6.30. The van der Waals surface area contributed by atoms with Crippen LogP contribution in [0.1, 0.15) is 15.9 Å². The molecule has 0 radical (unpaired) electrons. The van der Waals surface area contributed by atoms with E-state index in [9.17, 15) is 9.90 Å². The first kappa shape index (κ1) is 14.8. The third kappa shape index (κ3) is 2.43. The number of aromatic carboxylic acids is 1. The maximum absolute atomic E-state index is 11.2. The number of benzene rings is 2. The summed E-state index contributed by atoms with van der Waals surface area (Å²) in [6, 6.07) is 14.4. The monoisotopic (exact) mass is 339 g/mol. The molecule has 3 aromatic rings. The maximum atomic E-state index is 11.2. The van der Waals surface area contributed by atoms with Crippen LogP contribution in [0.25, 0.3) is 16.9 Å². The first-order chi connectivity index (χ1) is 11.6. The second-order valence-electron chi connectivity index (χ2n) is 5.63. The lowest BCUT2D eigenvalue weighted by Gasteiger charge is -2.07. The van der Waals surface area contributed by atoms with Crippen LogP contribution in [0.15, 0.2) is 48.5 Å². The van der Waals surface area contributed by atoms with E-state index >= 15 is 0 Å². The summed E-state index contributed by atoms with van der Waals surface area (Å²) in [5, 5.41) is 17.9.